The van der Waals surface area contributed by atoms with Gasteiger partial charge in [0.2, 0.25) is 10.0 Å². The van der Waals surface area contributed by atoms with Crippen LogP contribution in [0.15, 0.2) is 48.5 Å². The molecule has 0 amide bonds. The molecule has 4 nitrogen and oxygen atoms in total. The fourth-order valence-electron chi connectivity index (χ4n) is 3.08. The molecular weight excluding hydrogens is 339 g/mol. The number of nitrogens with zero attached hydrogens (tertiary/aromatic N) is 1. The number of nitrogens with one attached hydrogen (secondary N) is 1. The van der Waals surface area contributed by atoms with E-state index in [9.17, 15) is 12.8 Å². The van der Waals surface area contributed by atoms with Crippen molar-refractivity contribution in [2.24, 2.45) is 0 Å². The number of hydrogen-bond acceptors (Lipinski definition) is 3. The van der Waals surface area contributed by atoms with Gasteiger partial charge >= 0.3 is 0 Å². The summed E-state index contributed by atoms with van der Waals surface area (Å²) in [7, 11) is -3.46. The Bertz CT molecular complexity index is 800. The average Bonchev–Trinajstić information content (AvgIpc) is 3.08. The lowest BCUT2D eigenvalue weighted by molar-refractivity contribution is 0.331. The number of halogens is 1. The third-order valence-corrected chi connectivity index (χ3v) is 5.66. The average molecular weight is 362 g/mol. The van der Waals surface area contributed by atoms with Crippen LogP contribution in [0, 0.1) is 5.82 Å². The molecule has 3 rings (SSSR count). The summed E-state index contributed by atoms with van der Waals surface area (Å²) in [4.78, 5) is 2.41. The van der Waals surface area contributed by atoms with E-state index >= 15 is 0 Å². The van der Waals surface area contributed by atoms with Gasteiger partial charge in [-0.25, -0.2) is 17.5 Å². The lowest BCUT2D eigenvalue weighted by atomic mass is 10.1. The molecule has 1 fully saturated rings. The van der Waals surface area contributed by atoms with Gasteiger partial charge in [0.25, 0.3) is 0 Å². The van der Waals surface area contributed by atoms with Gasteiger partial charge in [-0.05, 0) is 54.8 Å². The minimum atomic E-state index is -3.46. The number of hydrogen-bond donors (Lipinski definition) is 1. The summed E-state index contributed by atoms with van der Waals surface area (Å²) in [5, 5.41) is 0. The van der Waals surface area contributed by atoms with Crippen molar-refractivity contribution in [2.45, 2.75) is 31.7 Å². The Morgan fingerprint density at radius 3 is 2.36 bits per heavy atom. The van der Waals surface area contributed by atoms with Crippen molar-refractivity contribution in [3.05, 3.63) is 71.0 Å². The molecular formula is C19H23FN2O2S. The molecule has 1 saturated heterocycles. The number of benzene rings is 2. The van der Waals surface area contributed by atoms with Crippen LogP contribution in [0.3, 0.4) is 0 Å². The van der Waals surface area contributed by atoms with Crippen LogP contribution in [-0.4, -0.2) is 26.4 Å². The van der Waals surface area contributed by atoms with Crippen molar-refractivity contribution in [1.82, 2.24) is 9.62 Å². The monoisotopic (exact) mass is 362 g/mol. The minimum Gasteiger partial charge on any atom is -0.299 e. The summed E-state index contributed by atoms with van der Waals surface area (Å²) >= 11 is 0. The van der Waals surface area contributed by atoms with Crippen molar-refractivity contribution >= 4 is 10.0 Å². The van der Waals surface area contributed by atoms with Gasteiger partial charge < -0.3 is 0 Å². The molecule has 1 aliphatic rings. The summed E-state index contributed by atoms with van der Waals surface area (Å²) in [6.07, 6.45) is 2.51. The summed E-state index contributed by atoms with van der Waals surface area (Å²) < 4.78 is 39.9. The molecule has 1 heterocycles. The van der Waals surface area contributed by atoms with Crippen molar-refractivity contribution in [2.75, 3.05) is 13.1 Å². The van der Waals surface area contributed by atoms with Crippen LogP contribution in [-0.2, 0) is 28.9 Å². The van der Waals surface area contributed by atoms with Crippen molar-refractivity contribution in [1.29, 1.82) is 0 Å². The molecule has 25 heavy (non-hydrogen) atoms. The molecule has 0 spiro atoms. The normalized spacial score (nSPS) is 15.6. The maximum atomic E-state index is 12.9. The van der Waals surface area contributed by atoms with E-state index in [0.717, 1.165) is 25.2 Å². The molecule has 0 bridgehead atoms. The third-order valence-electron chi connectivity index (χ3n) is 4.36. The van der Waals surface area contributed by atoms with Crippen molar-refractivity contribution in [3.63, 3.8) is 0 Å². The Morgan fingerprint density at radius 1 is 0.960 bits per heavy atom. The topological polar surface area (TPSA) is 49.4 Å². The first-order chi connectivity index (χ1) is 12.0. The molecule has 0 saturated carbocycles. The van der Waals surface area contributed by atoms with Gasteiger partial charge in [0.05, 0.1) is 5.75 Å². The minimum absolute atomic E-state index is 0.152. The molecule has 2 aromatic carbocycles. The zero-order valence-electron chi connectivity index (χ0n) is 14.1. The second-order valence-corrected chi connectivity index (χ2v) is 8.32. The highest BCUT2D eigenvalue weighted by Crippen LogP contribution is 2.14. The van der Waals surface area contributed by atoms with Crippen molar-refractivity contribution < 1.29 is 12.8 Å². The number of likely N-dealkylation sites (tertiary alicyclic amines) is 1. The van der Waals surface area contributed by atoms with E-state index < -0.39 is 10.0 Å². The molecule has 1 aliphatic heterocycles. The van der Waals surface area contributed by atoms with E-state index in [1.165, 1.54) is 42.7 Å². The van der Waals surface area contributed by atoms with E-state index in [4.69, 9.17) is 0 Å². The highest BCUT2D eigenvalue weighted by Gasteiger charge is 2.13. The van der Waals surface area contributed by atoms with E-state index in [2.05, 4.69) is 21.8 Å². The molecule has 0 aliphatic carbocycles. The van der Waals surface area contributed by atoms with E-state index in [1.807, 2.05) is 12.1 Å². The molecule has 2 aromatic rings. The standard InChI is InChI=1S/C19H23FN2O2S/c20-19-8-6-16(7-9-19)15-25(23,24)21-13-17-4-3-5-18(12-17)14-22-10-1-2-11-22/h3-9,12,21H,1-2,10-11,13-15H2. The molecule has 134 valence electrons. The summed E-state index contributed by atoms with van der Waals surface area (Å²) in [5.41, 5.74) is 2.72. The quantitative estimate of drug-likeness (QED) is 0.824. The van der Waals surface area contributed by atoms with Gasteiger partial charge in [-0.15, -0.1) is 0 Å². The zero-order chi connectivity index (χ0) is 17.7. The predicted octanol–water partition coefficient (Wildman–Crippen LogP) is 3.04. The second-order valence-electron chi connectivity index (χ2n) is 6.51. The number of sulfonamides is 1. The Hall–Kier alpha value is -1.76. The molecule has 1 N–H and O–H groups in total. The Balaban J connectivity index is 1.57. The van der Waals surface area contributed by atoms with E-state index in [-0.39, 0.29) is 18.1 Å². The lowest BCUT2D eigenvalue weighted by Gasteiger charge is -2.15. The Labute approximate surface area is 148 Å². The molecule has 0 radical (unpaired) electrons. The largest absolute Gasteiger partial charge is 0.299 e. The molecule has 0 unspecified atom stereocenters. The molecule has 0 aromatic heterocycles. The summed E-state index contributed by atoms with van der Waals surface area (Å²) in [6, 6.07) is 13.5. The van der Waals surface area contributed by atoms with Gasteiger partial charge in [-0.2, -0.15) is 0 Å². The summed E-state index contributed by atoms with van der Waals surface area (Å²) in [5.74, 6) is -0.523. The van der Waals surface area contributed by atoms with E-state index in [1.54, 1.807) is 0 Å². The van der Waals surface area contributed by atoms with Gasteiger partial charge in [0.1, 0.15) is 5.82 Å². The van der Waals surface area contributed by atoms with Crippen LogP contribution in [0.4, 0.5) is 4.39 Å². The van der Waals surface area contributed by atoms with Crippen LogP contribution in [0.2, 0.25) is 0 Å². The zero-order valence-corrected chi connectivity index (χ0v) is 14.9. The maximum absolute atomic E-state index is 12.9. The SMILES string of the molecule is O=S(=O)(Cc1ccc(F)cc1)NCc1cccc(CN2CCCC2)c1. The van der Waals surface area contributed by atoms with Crippen LogP contribution in [0.1, 0.15) is 29.5 Å². The molecule has 6 heteroatoms. The Kier molecular flexibility index (Phi) is 5.83. The highest BCUT2D eigenvalue weighted by molar-refractivity contribution is 7.88. The highest BCUT2D eigenvalue weighted by atomic mass is 32.2. The lowest BCUT2D eigenvalue weighted by Crippen LogP contribution is -2.25. The maximum Gasteiger partial charge on any atom is 0.216 e. The smallest absolute Gasteiger partial charge is 0.216 e. The molecule has 0 atom stereocenters. The fraction of sp³-hybridized carbons (Fsp3) is 0.368. The van der Waals surface area contributed by atoms with Gasteiger partial charge in [0.15, 0.2) is 0 Å². The van der Waals surface area contributed by atoms with Crippen LogP contribution < -0.4 is 4.72 Å². The van der Waals surface area contributed by atoms with Gasteiger partial charge in [-0.1, -0.05) is 36.4 Å². The first kappa shape index (κ1) is 18.0. The predicted molar refractivity (Wildman–Crippen MR) is 96.8 cm³/mol. The van der Waals surface area contributed by atoms with Crippen LogP contribution in [0.5, 0.6) is 0 Å². The van der Waals surface area contributed by atoms with Crippen molar-refractivity contribution in [3.8, 4) is 0 Å². The Morgan fingerprint density at radius 2 is 1.64 bits per heavy atom. The first-order valence-corrected chi connectivity index (χ1v) is 10.2. The summed E-state index contributed by atoms with van der Waals surface area (Å²) in [6.45, 7) is 3.44. The number of rotatable bonds is 7. The van der Waals surface area contributed by atoms with E-state index in [0.29, 0.717) is 5.56 Å². The van der Waals surface area contributed by atoms with Crippen LogP contribution >= 0.6 is 0 Å². The third kappa shape index (κ3) is 5.63. The van der Waals surface area contributed by atoms with Gasteiger partial charge in [0, 0.05) is 13.1 Å². The van der Waals surface area contributed by atoms with Gasteiger partial charge in [-0.3, -0.25) is 4.90 Å². The first-order valence-electron chi connectivity index (χ1n) is 8.52. The van der Waals surface area contributed by atoms with Crippen LogP contribution in [0.25, 0.3) is 0 Å². The second kappa shape index (κ2) is 8.08. The fourth-order valence-corrected chi connectivity index (χ4v) is 4.20.